The Kier molecular flexibility index (Phi) is 6.15. The normalized spacial score (nSPS) is 12.8. The summed E-state index contributed by atoms with van der Waals surface area (Å²) in [5, 5.41) is 1.01. The highest BCUT2D eigenvalue weighted by Gasteiger charge is 2.10. The number of alkyl halides is 1. The SMILES string of the molecule is COc1ccc(Cl)cc1CCCC(Cl)C(C)C. The van der Waals surface area contributed by atoms with Crippen LogP contribution >= 0.6 is 23.2 Å². The van der Waals surface area contributed by atoms with Gasteiger partial charge in [-0.05, 0) is 48.9 Å². The van der Waals surface area contributed by atoms with Crippen molar-refractivity contribution >= 4 is 23.2 Å². The Hall–Kier alpha value is -0.400. The van der Waals surface area contributed by atoms with E-state index in [2.05, 4.69) is 13.8 Å². The molecule has 17 heavy (non-hydrogen) atoms. The average molecular weight is 275 g/mol. The molecule has 96 valence electrons. The zero-order valence-electron chi connectivity index (χ0n) is 10.7. The van der Waals surface area contributed by atoms with Gasteiger partial charge in [-0.2, -0.15) is 0 Å². The van der Waals surface area contributed by atoms with E-state index in [9.17, 15) is 0 Å². The second-order valence-corrected chi connectivity index (χ2v) is 5.61. The van der Waals surface area contributed by atoms with E-state index in [0.29, 0.717) is 5.92 Å². The molecule has 0 aromatic heterocycles. The van der Waals surface area contributed by atoms with Gasteiger partial charge in [-0.25, -0.2) is 0 Å². The van der Waals surface area contributed by atoms with E-state index in [4.69, 9.17) is 27.9 Å². The monoisotopic (exact) mass is 274 g/mol. The standard InChI is InChI=1S/C14H20Cl2O/c1-10(2)13(16)6-4-5-11-9-12(15)7-8-14(11)17-3/h7-10,13H,4-6H2,1-3H3. The van der Waals surface area contributed by atoms with Gasteiger partial charge in [0.1, 0.15) is 5.75 Å². The van der Waals surface area contributed by atoms with Crippen LogP contribution in [0.4, 0.5) is 0 Å². The first-order valence-electron chi connectivity index (χ1n) is 6.01. The summed E-state index contributed by atoms with van der Waals surface area (Å²) < 4.78 is 5.31. The predicted octanol–water partition coefficient (Wildman–Crippen LogP) is 4.93. The zero-order chi connectivity index (χ0) is 12.8. The predicted molar refractivity (Wildman–Crippen MR) is 75.4 cm³/mol. The van der Waals surface area contributed by atoms with Crippen molar-refractivity contribution in [2.45, 2.75) is 38.5 Å². The van der Waals surface area contributed by atoms with E-state index in [-0.39, 0.29) is 5.38 Å². The van der Waals surface area contributed by atoms with Crippen molar-refractivity contribution in [3.05, 3.63) is 28.8 Å². The molecule has 0 spiro atoms. The van der Waals surface area contributed by atoms with Gasteiger partial charge in [0, 0.05) is 10.4 Å². The molecular formula is C14H20Cl2O. The third-order valence-corrected chi connectivity index (χ3v) is 3.85. The summed E-state index contributed by atoms with van der Waals surface area (Å²) in [4.78, 5) is 0. The minimum Gasteiger partial charge on any atom is -0.496 e. The molecule has 0 amide bonds. The number of rotatable bonds is 6. The van der Waals surface area contributed by atoms with Crippen molar-refractivity contribution in [1.82, 2.24) is 0 Å². The topological polar surface area (TPSA) is 9.23 Å². The van der Waals surface area contributed by atoms with Crippen LogP contribution in [0.15, 0.2) is 18.2 Å². The molecule has 1 aromatic carbocycles. The third kappa shape index (κ3) is 4.77. The van der Waals surface area contributed by atoms with Crippen LogP contribution < -0.4 is 4.74 Å². The van der Waals surface area contributed by atoms with Gasteiger partial charge in [0.15, 0.2) is 0 Å². The van der Waals surface area contributed by atoms with E-state index >= 15 is 0 Å². The molecule has 3 heteroatoms. The molecule has 0 bridgehead atoms. The maximum Gasteiger partial charge on any atom is 0.122 e. The van der Waals surface area contributed by atoms with Crippen LogP contribution in [-0.4, -0.2) is 12.5 Å². The van der Waals surface area contributed by atoms with Crippen molar-refractivity contribution in [1.29, 1.82) is 0 Å². The Labute approximate surface area is 114 Å². The first kappa shape index (κ1) is 14.7. The van der Waals surface area contributed by atoms with Gasteiger partial charge >= 0.3 is 0 Å². The van der Waals surface area contributed by atoms with E-state index in [1.165, 1.54) is 0 Å². The van der Waals surface area contributed by atoms with Gasteiger partial charge in [0.05, 0.1) is 7.11 Å². The molecule has 0 aliphatic carbocycles. The highest BCUT2D eigenvalue weighted by atomic mass is 35.5. The number of methoxy groups -OCH3 is 1. The molecule has 0 aliphatic rings. The Bertz CT molecular complexity index is 350. The molecule has 0 N–H and O–H groups in total. The van der Waals surface area contributed by atoms with Crippen LogP contribution in [-0.2, 0) is 6.42 Å². The minimum absolute atomic E-state index is 0.250. The minimum atomic E-state index is 0.250. The van der Waals surface area contributed by atoms with E-state index < -0.39 is 0 Å². The first-order valence-corrected chi connectivity index (χ1v) is 6.82. The highest BCUT2D eigenvalue weighted by Crippen LogP contribution is 2.25. The molecule has 1 aromatic rings. The van der Waals surface area contributed by atoms with Crippen molar-refractivity contribution in [2.24, 2.45) is 5.92 Å². The first-order chi connectivity index (χ1) is 8.04. The smallest absolute Gasteiger partial charge is 0.122 e. The lowest BCUT2D eigenvalue weighted by molar-refractivity contribution is 0.408. The molecule has 0 aliphatic heterocycles. The van der Waals surface area contributed by atoms with E-state index in [0.717, 1.165) is 35.6 Å². The van der Waals surface area contributed by atoms with Gasteiger partial charge in [-0.3, -0.25) is 0 Å². The van der Waals surface area contributed by atoms with Crippen molar-refractivity contribution < 1.29 is 4.74 Å². The Balaban J connectivity index is 2.53. The summed E-state index contributed by atoms with van der Waals surface area (Å²) in [6.07, 6.45) is 3.04. The fourth-order valence-electron chi connectivity index (χ4n) is 1.76. The van der Waals surface area contributed by atoms with Crippen LogP contribution in [0.1, 0.15) is 32.3 Å². The molecule has 1 unspecified atom stereocenters. The molecule has 1 atom stereocenters. The molecular weight excluding hydrogens is 255 g/mol. The van der Waals surface area contributed by atoms with Crippen molar-refractivity contribution in [3.63, 3.8) is 0 Å². The van der Waals surface area contributed by atoms with Gasteiger partial charge in [0.2, 0.25) is 0 Å². The van der Waals surface area contributed by atoms with Gasteiger partial charge in [0.25, 0.3) is 0 Å². The maximum absolute atomic E-state index is 6.23. The van der Waals surface area contributed by atoms with E-state index in [1.807, 2.05) is 18.2 Å². The van der Waals surface area contributed by atoms with Crippen molar-refractivity contribution in [2.75, 3.05) is 7.11 Å². The maximum atomic E-state index is 6.23. The summed E-state index contributed by atoms with van der Waals surface area (Å²) in [5.74, 6) is 1.43. The van der Waals surface area contributed by atoms with Crippen LogP contribution in [0.3, 0.4) is 0 Å². The molecule has 0 heterocycles. The summed E-state index contributed by atoms with van der Waals surface area (Å²) in [7, 11) is 1.69. The number of hydrogen-bond donors (Lipinski definition) is 0. The number of hydrogen-bond acceptors (Lipinski definition) is 1. The summed E-state index contributed by atoms with van der Waals surface area (Å²) in [5.41, 5.74) is 1.16. The van der Waals surface area contributed by atoms with Gasteiger partial charge in [-0.15, -0.1) is 11.6 Å². The van der Waals surface area contributed by atoms with E-state index in [1.54, 1.807) is 7.11 Å². The average Bonchev–Trinajstić information content (AvgIpc) is 2.29. The second-order valence-electron chi connectivity index (χ2n) is 4.61. The van der Waals surface area contributed by atoms with Crippen LogP contribution in [0.5, 0.6) is 5.75 Å². The zero-order valence-corrected chi connectivity index (χ0v) is 12.2. The molecule has 0 saturated heterocycles. The summed E-state index contributed by atoms with van der Waals surface area (Å²) >= 11 is 12.2. The molecule has 0 radical (unpaired) electrons. The lowest BCUT2D eigenvalue weighted by Gasteiger charge is -2.13. The second kappa shape index (κ2) is 7.13. The van der Waals surface area contributed by atoms with Crippen LogP contribution in [0.2, 0.25) is 5.02 Å². The number of halogens is 2. The summed E-state index contributed by atoms with van der Waals surface area (Å²) in [6.45, 7) is 4.30. The fraction of sp³-hybridized carbons (Fsp3) is 0.571. The fourth-order valence-corrected chi connectivity index (χ4v) is 2.11. The number of benzene rings is 1. The summed E-state index contributed by atoms with van der Waals surface area (Å²) in [6, 6.07) is 5.74. The Morgan fingerprint density at radius 1 is 1.29 bits per heavy atom. The quantitative estimate of drug-likeness (QED) is 0.668. The lowest BCUT2D eigenvalue weighted by Crippen LogP contribution is -2.07. The molecule has 0 saturated carbocycles. The largest absolute Gasteiger partial charge is 0.496 e. The molecule has 1 nitrogen and oxygen atoms in total. The molecule has 0 fully saturated rings. The third-order valence-electron chi connectivity index (χ3n) is 2.89. The number of ether oxygens (including phenoxy) is 1. The van der Waals surface area contributed by atoms with Crippen molar-refractivity contribution in [3.8, 4) is 5.75 Å². The Morgan fingerprint density at radius 2 is 2.00 bits per heavy atom. The highest BCUT2D eigenvalue weighted by molar-refractivity contribution is 6.30. The van der Waals surface area contributed by atoms with Gasteiger partial charge < -0.3 is 4.74 Å². The number of aryl methyl sites for hydroxylation is 1. The Morgan fingerprint density at radius 3 is 2.59 bits per heavy atom. The van der Waals surface area contributed by atoms with Gasteiger partial charge in [-0.1, -0.05) is 25.4 Å². The lowest BCUT2D eigenvalue weighted by atomic mass is 10.0. The van der Waals surface area contributed by atoms with Crippen LogP contribution in [0, 0.1) is 5.92 Å². The molecule has 1 rings (SSSR count). The van der Waals surface area contributed by atoms with Crippen LogP contribution in [0.25, 0.3) is 0 Å².